The van der Waals surface area contributed by atoms with Gasteiger partial charge in [-0.3, -0.25) is 0 Å². The lowest BCUT2D eigenvalue weighted by Crippen LogP contribution is -2.44. The second-order valence-corrected chi connectivity index (χ2v) is 9.43. The van der Waals surface area contributed by atoms with Crippen LogP contribution in [-0.4, -0.2) is 4.90 Å². The Balaban J connectivity index is 0.000000210. The lowest BCUT2D eigenvalue weighted by atomic mass is 9.80. The Morgan fingerprint density at radius 3 is 2.06 bits per heavy atom. The summed E-state index contributed by atoms with van der Waals surface area (Å²) in [4.78, 5) is 2.40. The average Bonchev–Trinajstić information content (AvgIpc) is 2.79. The fourth-order valence-electron chi connectivity index (χ4n) is 4.27. The van der Waals surface area contributed by atoms with Crippen LogP contribution in [0, 0.1) is 25.7 Å². The molecule has 2 aromatic rings. The molecule has 164 valence electrons. The molecule has 4 atom stereocenters. The van der Waals surface area contributed by atoms with Crippen LogP contribution in [-0.2, 0) is 0 Å². The molecule has 1 heterocycles. The van der Waals surface area contributed by atoms with E-state index in [-0.39, 0.29) is 0 Å². The Morgan fingerprint density at radius 2 is 1.55 bits per heavy atom. The molecule has 4 unspecified atom stereocenters. The Morgan fingerprint density at radius 1 is 0.968 bits per heavy atom. The first-order chi connectivity index (χ1) is 14.8. The topological polar surface area (TPSA) is 3.24 Å². The van der Waals surface area contributed by atoms with Crippen molar-refractivity contribution in [3.8, 4) is 0 Å². The molecule has 1 aliphatic heterocycles. The molecule has 31 heavy (non-hydrogen) atoms. The third-order valence-electron chi connectivity index (χ3n) is 6.84. The third kappa shape index (κ3) is 5.39. The van der Waals surface area contributed by atoms with E-state index in [0.717, 1.165) is 6.42 Å². The molecule has 2 aliphatic rings. The minimum atomic E-state index is 0.437. The van der Waals surface area contributed by atoms with E-state index in [1.165, 1.54) is 40.1 Å². The maximum atomic E-state index is 4.26. The van der Waals surface area contributed by atoms with Gasteiger partial charge in [0.2, 0.25) is 0 Å². The summed E-state index contributed by atoms with van der Waals surface area (Å²) in [6, 6.07) is 18.2. The van der Waals surface area contributed by atoms with Crippen LogP contribution >= 0.6 is 0 Å². The Kier molecular flexibility index (Phi) is 7.59. The Hall–Kier alpha value is -2.54. The molecule has 0 N–H and O–H groups in total. The first kappa shape index (κ1) is 23.1. The van der Waals surface area contributed by atoms with Crippen LogP contribution in [0.1, 0.15) is 74.8 Å². The molecule has 4 rings (SSSR count). The zero-order chi connectivity index (χ0) is 22.5. The molecule has 0 amide bonds. The molecule has 0 aromatic heterocycles. The second-order valence-electron chi connectivity index (χ2n) is 9.43. The summed E-state index contributed by atoms with van der Waals surface area (Å²) < 4.78 is 0. The minimum Gasteiger partial charge on any atom is -0.337 e. The molecule has 0 saturated carbocycles. The van der Waals surface area contributed by atoms with Gasteiger partial charge in [-0.2, -0.15) is 0 Å². The van der Waals surface area contributed by atoms with Crippen molar-refractivity contribution in [1.29, 1.82) is 0 Å². The van der Waals surface area contributed by atoms with Crippen molar-refractivity contribution in [3.05, 3.63) is 107 Å². The molecular formula is C30H39N. The summed E-state index contributed by atoms with van der Waals surface area (Å²) >= 11 is 0. The van der Waals surface area contributed by atoms with E-state index in [1.54, 1.807) is 0 Å². The molecule has 0 spiro atoms. The summed E-state index contributed by atoms with van der Waals surface area (Å²) in [5.41, 5.74) is 8.06. The van der Waals surface area contributed by atoms with Crippen molar-refractivity contribution in [3.63, 3.8) is 0 Å². The molecule has 1 saturated heterocycles. The van der Waals surface area contributed by atoms with Crippen LogP contribution in [0.5, 0.6) is 0 Å². The maximum absolute atomic E-state index is 4.26. The van der Waals surface area contributed by atoms with E-state index in [9.17, 15) is 0 Å². The van der Waals surface area contributed by atoms with Crippen LogP contribution in [0.2, 0.25) is 0 Å². The van der Waals surface area contributed by atoms with Crippen LogP contribution in [0.25, 0.3) is 0 Å². The lowest BCUT2D eigenvalue weighted by Gasteiger charge is -2.51. The molecule has 1 fully saturated rings. The number of hydrogen-bond acceptors (Lipinski definition) is 1. The van der Waals surface area contributed by atoms with E-state index in [1.807, 2.05) is 0 Å². The zero-order valence-corrected chi connectivity index (χ0v) is 20.2. The summed E-state index contributed by atoms with van der Waals surface area (Å²) in [7, 11) is 0. The van der Waals surface area contributed by atoms with Gasteiger partial charge < -0.3 is 4.90 Å². The molecular weight excluding hydrogens is 374 g/mol. The summed E-state index contributed by atoms with van der Waals surface area (Å²) in [6.45, 7) is 17.6. The number of hydrogen-bond donors (Lipinski definition) is 0. The number of rotatable bonds is 4. The molecule has 1 aliphatic carbocycles. The van der Waals surface area contributed by atoms with Gasteiger partial charge in [-0.25, -0.2) is 0 Å². The normalized spacial score (nSPS) is 23.4. The van der Waals surface area contributed by atoms with E-state index in [0.29, 0.717) is 23.8 Å². The zero-order valence-electron chi connectivity index (χ0n) is 20.2. The van der Waals surface area contributed by atoms with Gasteiger partial charge in [-0.05, 0) is 55.7 Å². The first-order valence-corrected chi connectivity index (χ1v) is 11.8. The minimum absolute atomic E-state index is 0.437. The second kappa shape index (κ2) is 10.2. The van der Waals surface area contributed by atoms with Gasteiger partial charge in [0.05, 0.1) is 6.04 Å². The monoisotopic (exact) mass is 413 g/mol. The predicted octanol–water partition coefficient (Wildman–Crippen LogP) is 8.49. The van der Waals surface area contributed by atoms with Crippen LogP contribution < -0.4 is 0 Å². The van der Waals surface area contributed by atoms with Gasteiger partial charge in [-0.15, -0.1) is 0 Å². The highest BCUT2D eigenvalue weighted by atomic mass is 15.2. The molecule has 1 nitrogen and oxygen atoms in total. The van der Waals surface area contributed by atoms with Crippen molar-refractivity contribution in [2.45, 2.75) is 66.3 Å². The van der Waals surface area contributed by atoms with Crippen molar-refractivity contribution in [2.24, 2.45) is 11.8 Å². The van der Waals surface area contributed by atoms with Gasteiger partial charge in [0.1, 0.15) is 0 Å². The summed E-state index contributed by atoms with van der Waals surface area (Å²) in [5, 5.41) is 0. The van der Waals surface area contributed by atoms with Gasteiger partial charge in [0, 0.05) is 17.3 Å². The highest BCUT2D eigenvalue weighted by Gasteiger charge is 2.41. The smallest absolute Gasteiger partial charge is 0.0668 e. The first-order valence-electron chi connectivity index (χ1n) is 11.8. The summed E-state index contributed by atoms with van der Waals surface area (Å²) in [6.07, 6.45) is 9.26. The van der Waals surface area contributed by atoms with Crippen LogP contribution in [0.15, 0.2) is 84.7 Å². The fraction of sp³-hybridized carbons (Fsp3) is 0.400. The largest absolute Gasteiger partial charge is 0.337 e. The summed E-state index contributed by atoms with van der Waals surface area (Å²) in [5.74, 6) is 1.88. The van der Waals surface area contributed by atoms with Gasteiger partial charge >= 0.3 is 0 Å². The Labute approximate surface area is 190 Å². The van der Waals surface area contributed by atoms with Crippen LogP contribution in [0.4, 0.5) is 0 Å². The molecule has 2 aromatic carbocycles. The average molecular weight is 414 g/mol. The van der Waals surface area contributed by atoms with Gasteiger partial charge in [-0.1, -0.05) is 106 Å². The lowest BCUT2D eigenvalue weighted by molar-refractivity contribution is 0.139. The van der Waals surface area contributed by atoms with Crippen molar-refractivity contribution < 1.29 is 0 Å². The van der Waals surface area contributed by atoms with E-state index >= 15 is 0 Å². The van der Waals surface area contributed by atoms with Gasteiger partial charge in [0.25, 0.3) is 0 Å². The molecule has 1 heteroatoms. The van der Waals surface area contributed by atoms with Gasteiger partial charge in [0.15, 0.2) is 0 Å². The quantitative estimate of drug-likeness (QED) is 0.485. The van der Waals surface area contributed by atoms with E-state index in [4.69, 9.17) is 0 Å². The number of benzene rings is 2. The number of nitrogens with zero attached hydrogens (tertiary/aromatic N) is 1. The Bertz CT molecular complexity index is 929. The predicted molar refractivity (Wildman–Crippen MR) is 135 cm³/mol. The standard InChI is InChI=1S/C19H23N.C11H16/c1-13-5-9-17(10-6-13)19-15(3)16(4)20(19)18-11-7-14(2)8-12-18;1-4-10(3)11-7-5-9(2)6-8-11/h5-7,9-12,14-15,19H,4,8H2,1-3H3;5-8,10H,4H2,1-3H3. The third-order valence-corrected chi connectivity index (χ3v) is 6.84. The van der Waals surface area contributed by atoms with Crippen LogP contribution in [0.3, 0.4) is 0 Å². The SMILES string of the molecule is C=C1C(C)C(c2ccc(C)cc2)N1C1=CCC(C)C=C1.CCC(C)c1ccc(C)cc1. The highest BCUT2D eigenvalue weighted by Crippen LogP contribution is 2.49. The van der Waals surface area contributed by atoms with E-state index in [2.05, 4.69) is 120 Å². The fourth-order valence-corrected chi connectivity index (χ4v) is 4.27. The molecule has 0 bridgehead atoms. The van der Waals surface area contributed by atoms with E-state index < -0.39 is 0 Å². The molecule has 0 radical (unpaired) electrons. The van der Waals surface area contributed by atoms with Crippen molar-refractivity contribution >= 4 is 0 Å². The highest BCUT2D eigenvalue weighted by molar-refractivity contribution is 5.39. The number of allylic oxidation sites excluding steroid dienone is 3. The van der Waals surface area contributed by atoms with Crippen molar-refractivity contribution in [1.82, 2.24) is 4.90 Å². The van der Waals surface area contributed by atoms with Crippen molar-refractivity contribution in [2.75, 3.05) is 0 Å². The maximum Gasteiger partial charge on any atom is 0.0668 e. The number of likely N-dealkylation sites (tertiary alicyclic amines) is 1. The number of aryl methyl sites for hydroxylation is 2.